The third-order valence-electron chi connectivity index (χ3n) is 4.10. The number of nitrogens with one attached hydrogen (secondary N) is 2. The first-order valence-electron chi connectivity index (χ1n) is 7.44. The lowest BCUT2D eigenvalue weighted by Crippen LogP contribution is -3.00. The maximum atomic E-state index is 12.4. The Hall–Kier alpha value is -2.44. The molecule has 4 aromatic rings. The van der Waals surface area contributed by atoms with Crippen molar-refractivity contribution in [3.05, 3.63) is 52.4 Å². The topological polar surface area (TPSA) is 70.1 Å². The number of amidine groups is 1. The Morgan fingerprint density at radius 1 is 1.12 bits per heavy atom. The molecule has 0 saturated carbocycles. The Bertz CT molecular complexity index is 1180. The molecule has 0 aliphatic carbocycles. The number of hydrogen-bond acceptors (Lipinski definition) is 5. The Labute approximate surface area is 146 Å². The lowest BCUT2D eigenvalue weighted by Gasteiger charge is -2.05. The molecule has 3 aromatic heterocycles. The summed E-state index contributed by atoms with van der Waals surface area (Å²) in [5, 5.41) is 5.26. The van der Waals surface area contributed by atoms with Crippen LogP contribution in [0.4, 0.5) is 0 Å². The van der Waals surface area contributed by atoms with Crippen LogP contribution in [0.3, 0.4) is 0 Å². The number of fused-ring (bicyclic) bond motifs is 5. The van der Waals surface area contributed by atoms with Gasteiger partial charge >= 0.3 is 0 Å². The second kappa shape index (κ2) is 5.58. The number of aromatic nitrogens is 2. The molecule has 0 bridgehead atoms. The summed E-state index contributed by atoms with van der Waals surface area (Å²) in [6, 6.07) is 11.9. The first-order valence-corrected chi connectivity index (χ1v) is 8.26. The molecule has 1 aromatic carbocycles. The SMILES string of the molecule is O=c1[nH]c2ccc(C3=NCCN3)nc2c2c1sc1ccccc12.[Cl-]. The lowest BCUT2D eigenvalue weighted by molar-refractivity contribution is -0.00000452. The second-order valence-electron chi connectivity index (χ2n) is 5.51. The molecule has 7 heteroatoms. The highest BCUT2D eigenvalue weighted by molar-refractivity contribution is 7.25. The van der Waals surface area contributed by atoms with E-state index in [0.29, 0.717) is 0 Å². The summed E-state index contributed by atoms with van der Waals surface area (Å²) in [7, 11) is 0. The summed E-state index contributed by atoms with van der Waals surface area (Å²) in [5.41, 5.74) is 2.34. The van der Waals surface area contributed by atoms with Crippen molar-refractivity contribution in [2.45, 2.75) is 0 Å². The molecule has 5 rings (SSSR count). The van der Waals surface area contributed by atoms with Gasteiger partial charge < -0.3 is 22.7 Å². The molecule has 5 nitrogen and oxygen atoms in total. The smallest absolute Gasteiger partial charge is 0.266 e. The molecule has 4 heterocycles. The third-order valence-corrected chi connectivity index (χ3v) is 5.27. The molecule has 0 atom stereocenters. The molecular weight excluding hydrogens is 344 g/mol. The number of H-pyrrole nitrogens is 1. The van der Waals surface area contributed by atoms with E-state index < -0.39 is 0 Å². The van der Waals surface area contributed by atoms with Gasteiger partial charge in [-0.05, 0) is 18.2 Å². The van der Waals surface area contributed by atoms with E-state index in [0.717, 1.165) is 55.8 Å². The van der Waals surface area contributed by atoms with E-state index in [9.17, 15) is 4.79 Å². The van der Waals surface area contributed by atoms with Crippen LogP contribution in [0.5, 0.6) is 0 Å². The normalized spacial score (nSPS) is 13.9. The van der Waals surface area contributed by atoms with Crippen molar-refractivity contribution in [2.24, 2.45) is 4.99 Å². The van der Waals surface area contributed by atoms with Crippen LogP contribution in [0.2, 0.25) is 0 Å². The molecule has 0 unspecified atom stereocenters. The second-order valence-corrected chi connectivity index (χ2v) is 6.56. The van der Waals surface area contributed by atoms with Gasteiger partial charge in [-0.1, -0.05) is 18.2 Å². The minimum absolute atomic E-state index is 0. The zero-order chi connectivity index (χ0) is 15.4. The van der Waals surface area contributed by atoms with Crippen LogP contribution in [-0.4, -0.2) is 28.9 Å². The number of pyridine rings is 2. The molecule has 1 aliphatic heterocycles. The van der Waals surface area contributed by atoms with Gasteiger partial charge in [0.05, 0.1) is 17.6 Å². The highest BCUT2D eigenvalue weighted by atomic mass is 35.5. The molecule has 0 radical (unpaired) electrons. The fourth-order valence-corrected chi connectivity index (χ4v) is 4.17. The van der Waals surface area contributed by atoms with E-state index in [1.807, 2.05) is 36.4 Å². The van der Waals surface area contributed by atoms with Crippen LogP contribution in [0.25, 0.3) is 31.2 Å². The van der Waals surface area contributed by atoms with Gasteiger partial charge in [0.1, 0.15) is 16.2 Å². The van der Waals surface area contributed by atoms with Crippen LogP contribution < -0.4 is 23.3 Å². The Morgan fingerprint density at radius 3 is 2.83 bits per heavy atom. The summed E-state index contributed by atoms with van der Waals surface area (Å²) < 4.78 is 1.83. The highest BCUT2D eigenvalue weighted by Gasteiger charge is 2.15. The van der Waals surface area contributed by atoms with Crippen molar-refractivity contribution in [3.8, 4) is 0 Å². The number of aromatic amines is 1. The first kappa shape index (κ1) is 15.1. The van der Waals surface area contributed by atoms with Gasteiger partial charge in [0.25, 0.3) is 5.56 Å². The van der Waals surface area contributed by atoms with Gasteiger partial charge in [0.15, 0.2) is 0 Å². The number of rotatable bonds is 1. The van der Waals surface area contributed by atoms with Gasteiger partial charge in [-0.25, -0.2) is 4.98 Å². The van der Waals surface area contributed by atoms with E-state index in [1.165, 1.54) is 11.3 Å². The van der Waals surface area contributed by atoms with E-state index >= 15 is 0 Å². The number of thiophene rings is 1. The summed E-state index contributed by atoms with van der Waals surface area (Å²) in [4.78, 5) is 24.6. The maximum Gasteiger partial charge on any atom is 0.266 e. The lowest BCUT2D eigenvalue weighted by atomic mass is 10.1. The van der Waals surface area contributed by atoms with Crippen molar-refractivity contribution in [1.82, 2.24) is 15.3 Å². The molecule has 1 aliphatic rings. The predicted molar refractivity (Wildman–Crippen MR) is 94.7 cm³/mol. The molecule has 0 saturated heterocycles. The van der Waals surface area contributed by atoms with Crippen molar-refractivity contribution < 1.29 is 12.4 Å². The maximum absolute atomic E-state index is 12.4. The van der Waals surface area contributed by atoms with Gasteiger partial charge in [-0.15, -0.1) is 11.3 Å². The van der Waals surface area contributed by atoms with Gasteiger partial charge in [0.2, 0.25) is 0 Å². The monoisotopic (exact) mass is 355 g/mol. The fourth-order valence-electron chi connectivity index (χ4n) is 3.07. The molecular formula is C17H12ClN4OS-. The van der Waals surface area contributed by atoms with Crippen LogP contribution in [0, 0.1) is 0 Å². The average molecular weight is 356 g/mol. The number of hydrogen-bond donors (Lipinski definition) is 2. The summed E-state index contributed by atoms with van der Waals surface area (Å²) >= 11 is 1.51. The van der Waals surface area contributed by atoms with E-state index in [1.54, 1.807) is 0 Å². The van der Waals surface area contributed by atoms with Crippen molar-refractivity contribution in [2.75, 3.05) is 13.1 Å². The number of nitrogens with zero attached hydrogens (tertiary/aromatic N) is 2. The van der Waals surface area contributed by atoms with E-state index in [-0.39, 0.29) is 18.0 Å². The summed E-state index contributed by atoms with van der Waals surface area (Å²) in [6.07, 6.45) is 0. The Balaban J connectivity index is 0.00000146. The fraction of sp³-hybridized carbons (Fsp3) is 0.118. The number of aliphatic imine (C=N–C) groups is 1. The average Bonchev–Trinajstić information content (AvgIpc) is 3.23. The molecule has 120 valence electrons. The van der Waals surface area contributed by atoms with Crippen LogP contribution in [0.15, 0.2) is 46.2 Å². The predicted octanol–water partition coefficient (Wildman–Crippen LogP) is -0.355. The number of halogens is 1. The highest BCUT2D eigenvalue weighted by Crippen LogP contribution is 2.34. The van der Waals surface area contributed by atoms with Crippen LogP contribution >= 0.6 is 11.3 Å². The van der Waals surface area contributed by atoms with Gasteiger partial charge in [-0.3, -0.25) is 9.79 Å². The van der Waals surface area contributed by atoms with E-state index in [4.69, 9.17) is 4.98 Å². The molecule has 0 fully saturated rings. The van der Waals surface area contributed by atoms with Crippen molar-refractivity contribution >= 4 is 48.4 Å². The van der Waals surface area contributed by atoms with Crippen molar-refractivity contribution in [3.63, 3.8) is 0 Å². The Morgan fingerprint density at radius 2 is 2.00 bits per heavy atom. The molecule has 0 amide bonds. The molecule has 0 spiro atoms. The number of benzene rings is 1. The zero-order valence-electron chi connectivity index (χ0n) is 12.5. The molecule has 2 N–H and O–H groups in total. The van der Waals surface area contributed by atoms with E-state index in [2.05, 4.69) is 15.3 Å². The van der Waals surface area contributed by atoms with Crippen molar-refractivity contribution in [1.29, 1.82) is 0 Å². The molecule has 24 heavy (non-hydrogen) atoms. The van der Waals surface area contributed by atoms with Crippen LogP contribution in [0.1, 0.15) is 5.69 Å². The largest absolute Gasteiger partial charge is 1.00 e. The Kier molecular flexibility index (Phi) is 3.51. The minimum atomic E-state index is -0.0559. The zero-order valence-corrected chi connectivity index (χ0v) is 14.0. The summed E-state index contributed by atoms with van der Waals surface area (Å²) in [6.45, 7) is 1.62. The van der Waals surface area contributed by atoms with Crippen LogP contribution in [-0.2, 0) is 0 Å². The van der Waals surface area contributed by atoms with Gasteiger partial charge in [0, 0.05) is 22.0 Å². The standard InChI is InChI=1S/C17H12N4OS.ClH/c22-17-15-13(9-3-1-2-4-12(9)23-15)14-10(21-17)5-6-11(20-14)16-18-7-8-19-16;/h1-6H,7-8H2,(H,18,19)(H,21,22);1H/p-1. The quantitative estimate of drug-likeness (QED) is 0.490. The summed E-state index contributed by atoms with van der Waals surface area (Å²) in [5.74, 6) is 0.825. The third kappa shape index (κ3) is 2.11. The first-order chi connectivity index (χ1) is 11.3. The minimum Gasteiger partial charge on any atom is -1.00 e. The van der Waals surface area contributed by atoms with Gasteiger partial charge in [-0.2, -0.15) is 0 Å².